The summed E-state index contributed by atoms with van der Waals surface area (Å²) in [5, 5.41) is 8.10. The number of rotatable bonds is 5. The fraction of sp³-hybridized carbons (Fsp3) is 0.900. The van der Waals surface area contributed by atoms with Crippen LogP contribution in [0.3, 0.4) is 0 Å². The van der Waals surface area contributed by atoms with Gasteiger partial charge in [0.15, 0.2) is 0 Å². The summed E-state index contributed by atoms with van der Waals surface area (Å²) in [5.74, 6) is -1.07. The van der Waals surface area contributed by atoms with E-state index in [0.717, 1.165) is 0 Å². The Kier molecular flexibility index (Phi) is 4.91. The van der Waals surface area contributed by atoms with Gasteiger partial charge >= 0.3 is 5.97 Å². The first-order valence-corrected chi connectivity index (χ1v) is 7.16. The second-order valence-corrected chi connectivity index (χ2v) is 6.28. The molecular formula is C10H19NO5S. The molecule has 1 aliphatic carbocycles. The average Bonchev–Trinajstić information content (AvgIpc) is 2.76. The SMILES string of the molecule is COC(=O)C1CCCC1S(=O)(=O)N[C@H](C)CO. The van der Waals surface area contributed by atoms with Crippen molar-refractivity contribution < 1.29 is 23.1 Å². The monoisotopic (exact) mass is 265 g/mol. The van der Waals surface area contributed by atoms with Gasteiger partial charge in [0, 0.05) is 6.04 Å². The number of hydrogen-bond acceptors (Lipinski definition) is 5. The van der Waals surface area contributed by atoms with Gasteiger partial charge in [-0.15, -0.1) is 0 Å². The van der Waals surface area contributed by atoms with Crippen molar-refractivity contribution in [2.45, 2.75) is 37.5 Å². The predicted molar refractivity (Wildman–Crippen MR) is 61.7 cm³/mol. The lowest BCUT2D eigenvalue weighted by Crippen LogP contribution is -2.44. The van der Waals surface area contributed by atoms with Gasteiger partial charge in [-0.1, -0.05) is 6.42 Å². The number of hydrogen-bond donors (Lipinski definition) is 2. The second kappa shape index (κ2) is 5.79. The quantitative estimate of drug-likeness (QED) is 0.662. The smallest absolute Gasteiger partial charge is 0.310 e. The first kappa shape index (κ1) is 14.4. The van der Waals surface area contributed by atoms with Gasteiger partial charge in [0.05, 0.1) is 24.9 Å². The van der Waals surface area contributed by atoms with Crippen molar-refractivity contribution in [1.82, 2.24) is 4.72 Å². The number of carbonyl (C=O) groups excluding carboxylic acids is 1. The standard InChI is InChI=1S/C10H19NO5S/c1-7(6-12)11-17(14,15)9-5-3-4-8(9)10(13)16-2/h7-9,11-12H,3-6H2,1-2H3/t7-,8?,9?/m1/s1. The van der Waals surface area contributed by atoms with Gasteiger partial charge in [-0.2, -0.15) is 0 Å². The lowest BCUT2D eigenvalue weighted by Gasteiger charge is -2.20. The summed E-state index contributed by atoms with van der Waals surface area (Å²) < 4.78 is 31.0. The summed E-state index contributed by atoms with van der Waals surface area (Å²) in [7, 11) is -2.33. The molecule has 0 aliphatic heterocycles. The molecule has 1 saturated carbocycles. The van der Waals surface area contributed by atoms with E-state index in [1.807, 2.05) is 0 Å². The van der Waals surface area contributed by atoms with Crippen molar-refractivity contribution in [3.8, 4) is 0 Å². The molecule has 2 N–H and O–H groups in total. The topological polar surface area (TPSA) is 92.7 Å². The van der Waals surface area contributed by atoms with E-state index in [1.54, 1.807) is 6.92 Å². The van der Waals surface area contributed by atoms with Gasteiger partial charge in [-0.05, 0) is 19.8 Å². The molecule has 1 rings (SSSR count). The van der Waals surface area contributed by atoms with Gasteiger partial charge in [-0.25, -0.2) is 13.1 Å². The van der Waals surface area contributed by atoms with E-state index >= 15 is 0 Å². The highest BCUT2D eigenvalue weighted by molar-refractivity contribution is 7.90. The minimum Gasteiger partial charge on any atom is -0.469 e. The molecule has 0 aromatic rings. The van der Waals surface area contributed by atoms with Gasteiger partial charge in [0.25, 0.3) is 0 Å². The maximum atomic E-state index is 12.0. The highest BCUT2D eigenvalue weighted by Gasteiger charge is 2.42. The maximum Gasteiger partial charge on any atom is 0.310 e. The van der Waals surface area contributed by atoms with Crippen molar-refractivity contribution >= 4 is 16.0 Å². The molecule has 3 atom stereocenters. The Morgan fingerprint density at radius 2 is 2.18 bits per heavy atom. The number of aliphatic hydroxyl groups excluding tert-OH is 1. The average molecular weight is 265 g/mol. The lowest BCUT2D eigenvalue weighted by atomic mass is 10.1. The first-order chi connectivity index (χ1) is 7.92. The van der Waals surface area contributed by atoms with Crippen LogP contribution in [0.5, 0.6) is 0 Å². The molecule has 0 heterocycles. The van der Waals surface area contributed by atoms with E-state index in [4.69, 9.17) is 5.11 Å². The lowest BCUT2D eigenvalue weighted by molar-refractivity contribution is -0.145. The Balaban J connectivity index is 2.80. The molecule has 6 nitrogen and oxygen atoms in total. The molecule has 1 fully saturated rings. The molecule has 100 valence electrons. The molecule has 2 unspecified atom stereocenters. The number of sulfonamides is 1. The molecule has 0 aromatic carbocycles. The van der Waals surface area contributed by atoms with Crippen molar-refractivity contribution in [3.63, 3.8) is 0 Å². The van der Waals surface area contributed by atoms with Crippen LogP contribution in [0.25, 0.3) is 0 Å². The van der Waals surface area contributed by atoms with Crippen LogP contribution in [0.4, 0.5) is 0 Å². The van der Waals surface area contributed by atoms with E-state index < -0.39 is 33.2 Å². The van der Waals surface area contributed by atoms with Crippen molar-refractivity contribution in [1.29, 1.82) is 0 Å². The number of nitrogens with one attached hydrogen (secondary N) is 1. The highest BCUT2D eigenvalue weighted by Crippen LogP contribution is 2.31. The zero-order valence-electron chi connectivity index (χ0n) is 10.0. The van der Waals surface area contributed by atoms with E-state index in [1.165, 1.54) is 7.11 Å². The zero-order valence-corrected chi connectivity index (χ0v) is 10.9. The number of ether oxygens (including phenoxy) is 1. The van der Waals surface area contributed by atoms with E-state index in [9.17, 15) is 13.2 Å². The number of esters is 1. The summed E-state index contributed by atoms with van der Waals surface area (Å²) in [6.07, 6.45) is 1.68. The summed E-state index contributed by atoms with van der Waals surface area (Å²) in [4.78, 5) is 11.5. The van der Waals surface area contributed by atoms with Gasteiger partial charge in [0.2, 0.25) is 10.0 Å². The predicted octanol–water partition coefficient (Wildman–Crippen LogP) is -0.372. The van der Waals surface area contributed by atoms with Crippen molar-refractivity contribution in [2.75, 3.05) is 13.7 Å². The molecule has 0 spiro atoms. The van der Waals surface area contributed by atoms with Crippen molar-refractivity contribution in [3.05, 3.63) is 0 Å². The highest BCUT2D eigenvalue weighted by atomic mass is 32.2. The molecular weight excluding hydrogens is 246 g/mol. The van der Waals surface area contributed by atoms with Crippen LogP contribution in [-0.2, 0) is 19.6 Å². The molecule has 7 heteroatoms. The summed E-state index contributed by atoms with van der Waals surface area (Å²) in [6, 6.07) is -0.543. The fourth-order valence-electron chi connectivity index (χ4n) is 2.12. The number of carbonyl (C=O) groups is 1. The Morgan fingerprint density at radius 3 is 2.71 bits per heavy atom. The van der Waals surface area contributed by atoms with Crippen LogP contribution >= 0.6 is 0 Å². The second-order valence-electron chi connectivity index (χ2n) is 4.35. The first-order valence-electron chi connectivity index (χ1n) is 5.62. The Morgan fingerprint density at radius 1 is 1.53 bits per heavy atom. The molecule has 0 aromatic heterocycles. The van der Waals surface area contributed by atoms with Crippen LogP contribution in [-0.4, -0.2) is 44.5 Å². The Labute approximate surface area is 101 Å². The Hall–Kier alpha value is -0.660. The third-order valence-corrected chi connectivity index (χ3v) is 5.09. The van der Waals surface area contributed by atoms with E-state index in [0.29, 0.717) is 19.3 Å². The largest absolute Gasteiger partial charge is 0.469 e. The number of aliphatic hydroxyl groups is 1. The molecule has 0 bridgehead atoms. The molecule has 0 radical (unpaired) electrons. The van der Waals surface area contributed by atoms with Crippen LogP contribution in [0.15, 0.2) is 0 Å². The van der Waals surface area contributed by atoms with Gasteiger partial charge < -0.3 is 9.84 Å². The van der Waals surface area contributed by atoms with Crippen LogP contribution in [0.1, 0.15) is 26.2 Å². The van der Waals surface area contributed by atoms with Crippen LogP contribution in [0, 0.1) is 5.92 Å². The zero-order chi connectivity index (χ0) is 13.1. The fourth-order valence-corrected chi connectivity index (χ4v) is 4.09. The summed E-state index contributed by atoms with van der Waals surface area (Å²) in [6.45, 7) is 1.30. The minimum atomic E-state index is -3.59. The normalized spacial score (nSPS) is 26.8. The third-order valence-electron chi connectivity index (χ3n) is 2.99. The summed E-state index contributed by atoms with van der Waals surface area (Å²) >= 11 is 0. The molecule has 0 amide bonds. The van der Waals surface area contributed by atoms with Gasteiger partial charge in [0.1, 0.15) is 0 Å². The van der Waals surface area contributed by atoms with Gasteiger partial charge in [-0.3, -0.25) is 4.79 Å². The molecule has 0 saturated heterocycles. The van der Waals surface area contributed by atoms with Crippen LogP contribution in [0.2, 0.25) is 0 Å². The Bertz CT molecular complexity index is 367. The maximum absolute atomic E-state index is 12.0. The van der Waals surface area contributed by atoms with Crippen LogP contribution < -0.4 is 4.72 Å². The number of methoxy groups -OCH3 is 1. The third kappa shape index (κ3) is 3.40. The van der Waals surface area contributed by atoms with E-state index in [-0.39, 0.29) is 6.61 Å². The summed E-state index contributed by atoms with van der Waals surface area (Å²) in [5.41, 5.74) is 0. The molecule has 1 aliphatic rings. The van der Waals surface area contributed by atoms with Crippen molar-refractivity contribution in [2.24, 2.45) is 5.92 Å². The minimum absolute atomic E-state index is 0.269. The van der Waals surface area contributed by atoms with E-state index in [2.05, 4.69) is 9.46 Å². The molecule has 17 heavy (non-hydrogen) atoms.